The van der Waals surface area contributed by atoms with Gasteiger partial charge in [0.05, 0.1) is 0 Å². The van der Waals surface area contributed by atoms with Crippen LogP contribution in [0.4, 0.5) is 0 Å². The highest BCUT2D eigenvalue weighted by Crippen LogP contribution is 1.95. The average Bonchev–Trinajstić information content (AvgIpc) is 2.09. The number of hydrogen-bond donors (Lipinski definition) is 1. The number of halogens is 1. The van der Waals surface area contributed by atoms with E-state index in [1.807, 2.05) is 0 Å². The van der Waals surface area contributed by atoms with Crippen LogP contribution in [0.3, 0.4) is 0 Å². The van der Waals surface area contributed by atoms with Crippen LogP contribution in [-0.2, 0) is 6.54 Å². The summed E-state index contributed by atoms with van der Waals surface area (Å²) in [7, 11) is 0. The van der Waals surface area contributed by atoms with Crippen molar-refractivity contribution in [3.05, 3.63) is 32.1 Å². The second-order valence-electron chi connectivity index (χ2n) is 2.38. The van der Waals surface area contributed by atoms with Crippen LogP contribution in [0.5, 0.6) is 0 Å². The maximum Gasteiger partial charge on any atom is 0.328 e. The molecule has 0 atom stereocenters. The van der Waals surface area contributed by atoms with Crippen molar-refractivity contribution in [1.82, 2.24) is 9.55 Å². The first-order valence-corrected chi connectivity index (χ1v) is 3.95. The average molecular weight is 199 g/mol. The summed E-state index contributed by atoms with van der Waals surface area (Å²) in [5.41, 5.74) is -1.08. The molecule has 0 amide bonds. The van der Waals surface area contributed by atoms with Gasteiger partial charge >= 0.3 is 5.69 Å². The minimum Gasteiger partial charge on any atom is -0.298 e. The fourth-order valence-corrected chi connectivity index (χ4v) is 0.999. The van der Waals surface area contributed by atoms with Crippen LogP contribution in [-0.4, -0.2) is 9.55 Å². The van der Waals surface area contributed by atoms with Gasteiger partial charge in [0.1, 0.15) is 5.02 Å². The van der Waals surface area contributed by atoms with E-state index in [-0.39, 0.29) is 5.02 Å². The molecule has 0 spiro atoms. The van der Waals surface area contributed by atoms with Crippen molar-refractivity contribution in [3.63, 3.8) is 0 Å². The molecular weight excluding hydrogens is 192 g/mol. The summed E-state index contributed by atoms with van der Waals surface area (Å²) in [6, 6.07) is 0. The van der Waals surface area contributed by atoms with Gasteiger partial charge in [0, 0.05) is 19.2 Å². The lowest BCUT2D eigenvalue weighted by Crippen LogP contribution is -2.29. The lowest BCUT2D eigenvalue weighted by atomic mass is 10.4. The Hall–Kier alpha value is -1.47. The van der Waals surface area contributed by atoms with Gasteiger partial charge in [0.15, 0.2) is 0 Å². The highest BCUT2D eigenvalue weighted by Gasteiger charge is 2.00. The minimum atomic E-state index is -0.580. The number of rotatable bonds is 2. The number of aryl methyl sites for hydroxylation is 1. The molecule has 0 saturated carbocycles. The molecule has 0 aliphatic carbocycles. The molecule has 0 aromatic carbocycles. The quantitative estimate of drug-likeness (QED) is 0.691. The molecule has 1 aromatic rings. The first-order valence-electron chi connectivity index (χ1n) is 3.58. The minimum absolute atomic E-state index is 0.0170. The Morgan fingerprint density at radius 2 is 2.31 bits per heavy atom. The fourth-order valence-electron chi connectivity index (χ4n) is 0.834. The molecule has 4 nitrogen and oxygen atoms in total. The summed E-state index contributed by atoms with van der Waals surface area (Å²) in [5.74, 6) is 2.38. The number of nitrogens with one attached hydrogen (secondary N) is 1. The molecule has 0 fully saturated rings. The SMILES string of the molecule is C#CCCn1cc(Cl)c(=O)[nH]c1=O. The Balaban J connectivity index is 3.11. The van der Waals surface area contributed by atoms with Gasteiger partial charge in [0.2, 0.25) is 0 Å². The topological polar surface area (TPSA) is 54.9 Å². The second kappa shape index (κ2) is 3.97. The Morgan fingerprint density at radius 3 is 2.92 bits per heavy atom. The molecule has 0 unspecified atom stereocenters. The summed E-state index contributed by atoms with van der Waals surface area (Å²) in [6.45, 7) is 0.353. The van der Waals surface area contributed by atoms with Crippen molar-refractivity contribution in [2.24, 2.45) is 0 Å². The lowest BCUT2D eigenvalue weighted by molar-refractivity contribution is 0.662. The van der Waals surface area contributed by atoms with Crippen LogP contribution >= 0.6 is 11.6 Å². The molecule has 0 saturated heterocycles. The van der Waals surface area contributed by atoms with Crippen LogP contribution in [0.2, 0.25) is 5.02 Å². The number of aromatic nitrogens is 2. The molecule has 0 bridgehead atoms. The summed E-state index contributed by atoms with van der Waals surface area (Å²) in [6.07, 6.45) is 6.72. The van der Waals surface area contributed by atoms with Gasteiger partial charge in [-0.05, 0) is 0 Å². The predicted molar refractivity (Wildman–Crippen MR) is 49.8 cm³/mol. The zero-order valence-electron chi connectivity index (χ0n) is 6.71. The van der Waals surface area contributed by atoms with Crippen molar-refractivity contribution in [1.29, 1.82) is 0 Å². The third-order valence-corrected chi connectivity index (χ3v) is 1.73. The Kier molecular flexibility index (Phi) is 2.93. The van der Waals surface area contributed by atoms with E-state index in [9.17, 15) is 9.59 Å². The summed E-state index contributed by atoms with van der Waals surface area (Å²) in [4.78, 5) is 24.0. The number of nitrogens with zero attached hydrogens (tertiary/aromatic N) is 1. The number of terminal acetylenes is 1. The van der Waals surface area contributed by atoms with Gasteiger partial charge in [-0.15, -0.1) is 12.3 Å². The maximum atomic E-state index is 11.1. The third kappa shape index (κ3) is 2.23. The molecule has 1 N–H and O–H groups in total. The van der Waals surface area contributed by atoms with E-state index in [1.165, 1.54) is 10.8 Å². The zero-order chi connectivity index (χ0) is 9.84. The first-order chi connectivity index (χ1) is 6.15. The molecule has 0 aliphatic heterocycles. The monoisotopic (exact) mass is 198 g/mol. The molecule has 0 aliphatic rings. The van der Waals surface area contributed by atoms with E-state index in [0.29, 0.717) is 13.0 Å². The highest BCUT2D eigenvalue weighted by molar-refractivity contribution is 6.30. The number of aromatic amines is 1. The third-order valence-electron chi connectivity index (χ3n) is 1.46. The van der Waals surface area contributed by atoms with Gasteiger partial charge < -0.3 is 0 Å². The molecule has 0 radical (unpaired) electrons. The Labute approximate surface area is 79.2 Å². The molecule has 5 heteroatoms. The van der Waals surface area contributed by atoms with Crippen LogP contribution in [0, 0.1) is 12.3 Å². The normalized spacial score (nSPS) is 9.54. The fraction of sp³-hybridized carbons (Fsp3) is 0.250. The zero-order valence-corrected chi connectivity index (χ0v) is 7.47. The van der Waals surface area contributed by atoms with Crippen molar-refractivity contribution >= 4 is 11.6 Å². The van der Waals surface area contributed by atoms with Crippen LogP contribution in [0.25, 0.3) is 0 Å². The van der Waals surface area contributed by atoms with Crippen molar-refractivity contribution in [2.45, 2.75) is 13.0 Å². The van der Waals surface area contributed by atoms with Gasteiger partial charge in [0.25, 0.3) is 5.56 Å². The van der Waals surface area contributed by atoms with E-state index in [1.54, 1.807) is 0 Å². The second-order valence-corrected chi connectivity index (χ2v) is 2.79. The smallest absolute Gasteiger partial charge is 0.298 e. The predicted octanol–water partition coefficient (Wildman–Crippen LogP) is 0.213. The molecule has 68 valence electrons. The highest BCUT2D eigenvalue weighted by atomic mass is 35.5. The molecule has 13 heavy (non-hydrogen) atoms. The van der Waals surface area contributed by atoms with E-state index in [0.717, 1.165) is 0 Å². The van der Waals surface area contributed by atoms with Gasteiger partial charge in [-0.25, -0.2) is 4.79 Å². The maximum absolute atomic E-state index is 11.1. The van der Waals surface area contributed by atoms with E-state index in [4.69, 9.17) is 18.0 Å². The Morgan fingerprint density at radius 1 is 1.62 bits per heavy atom. The van der Waals surface area contributed by atoms with Gasteiger partial charge in [-0.1, -0.05) is 11.6 Å². The molecular formula is C8H7ClN2O2. The standard InChI is InChI=1S/C8H7ClN2O2/c1-2-3-4-11-5-6(9)7(12)10-8(11)13/h1,5H,3-4H2,(H,10,12,13). The molecule has 1 heterocycles. The van der Waals surface area contributed by atoms with Crippen LogP contribution in [0.1, 0.15) is 6.42 Å². The summed E-state index contributed by atoms with van der Waals surface area (Å²) in [5, 5.41) is -0.0170. The van der Waals surface area contributed by atoms with Crippen LogP contribution in [0.15, 0.2) is 15.8 Å². The van der Waals surface area contributed by atoms with E-state index >= 15 is 0 Å². The van der Waals surface area contributed by atoms with E-state index in [2.05, 4.69) is 10.9 Å². The number of hydrogen-bond acceptors (Lipinski definition) is 2. The van der Waals surface area contributed by atoms with E-state index < -0.39 is 11.2 Å². The Bertz CT molecular complexity index is 452. The molecule has 1 aromatic heterocycles. The van der Waals surface area contributed by atoms with Gasteiger partial charge in [-0.2, -0.15) is 0 Å². The van der Waals surface area contributed by atoms with Crippen molar-refractivity contribution < 1.29 is 0 Å². The molecule has 1 rings (SSSR count). The van der Waals surface area contributed by atoms with Crippen molar-refractivity contribution in [3.8, 4) is 12.3 Å². The number of H-pyrrole nitrogens is 1. The van der Waals surface area contributed by atoms with Crippen LogP contribution < -0.4 is 11.2 Å². The lowest BCUT2D eigenvalue weighted by Gasteiger charge is -2.00. The van der Waals surface area contributed by atoms with Crippen molar-refractivity contribution in [2.75, 3.05) is 0 Å². The van der Waals surface area contributed by atoms with Gasteiger partial charge in [-0.3, -0.25) is 14.3 Å². The summed E-state index contributed by atoms with van der Waals surface area (Å²) < 4.78 is 1.27. The summed E-state index contributed by atoms with van der Waals surface area (Å²) >= 11 is 5.51. The first kappa shape index (κ1) is 9.62. The largest absolute Gasteiger partial charge is 0.328 e.